The first kappa shape index (κ1) is 15.0. The van der Waals surface area contributed by atoms with Crippen molar-refractivity contribution in [3.63, 3.8) is 0 Å². The molecule has 4 nitrogen and oxygen atoms in total. The molecule has 0 fully saturated rings. The minimum atomic E-state index is -1.06. The SMILES string of the molecule is Nc1c(I)c(C(=O)O)c(I)c(C(=O)[AsH2])c1I. The van der Waals surface area contributed by atoms with Crippen LogP contribution in [0.2, 0.25) is 0 Å². The van der Waals surface area contributed by atoms with Gasteiger partial charge in [0.1, 0.15) is 0 Å². The summed E-state index contributed by atoms with van der Waals surface area (Å²) in [5.41, 5.74) is 6.69. The van der Waals surface area contributed by atoms with Crippen LogP contribution < -0.4 is 5.73 Å². The number of aromatic carboxylic acids is 1. The molecule has 3 N–H and O–H groups in total. The second kappa shape index (κ2) is 5.70. The van der Waals surface area contributed by atoms with Gasteiger partial charge in [-0.05, 0) is 0 Å². The molecule has 0 saturated carbocycles. The minimum absolute atomic E-state index is 0.111. The van der Waals surface area contributed by atoms with Gasteiger partial charge in [-0.1, -0.05) is 0 Å². The number of hydrogen-bond acceptors (Lipinski definition) is 3. The third kappa shape index (κ3) is 2.66. The molecule has 0 heterocycles. The van der Waals surface area contributed by atoms with Gasteiger partial charge in [0.25, 0.3) is 0 Å². The molecule has 0 aliphatic rings. The van der Waals surface area contributed by atoms with Gasteiger partial charge in [-0.2, -0.15) is 0 Å². The number of nitrogen functional groups attached to an aromatic ring is 1. The number of hydrogen-bond donors (Lipinski definition) is 2. The van der Waals surface area contributed by atoms with Crippen molar-refractivity contribution in [1.29, 1.82) is 0 Å². The molecular formula is C8H5AsI3NO3. The molecule has 8 heteroatoms. The summed E-state index contributed by atoms with van der Waals surface area (Å²) < 4.78 is 1.46. The van der Waals surface area contributed by atoms with Gasteiger partial charge < -0.3 is 0 Å². The molecule has 1 unspecified atom stereocenters. The van der Waals surface area contributed by atoms with E-state index in [0.717, 1.165) is 16.9 Å². The van der Waals surface area contributed by atoms with Crippen LogP contribution in [0, 0.1) is 10.7 Å². The molecule has 0 aromatic heterocycles. The Hall–Kier alpha value is 0.908. The van der Waals surface area contributed by atoms with Gasteiger partial charge in [-0.3, -0.25) is 0 Å². The Balaban J connectivity index is 3.80. The Kier molecular flexibility index (Phi) is 5.33. The molecule has 0 aliphatic heterocycles. The molecule has 1 aromatic carbocycles. The molecule has 0 bridgehead atoms. The first-order chi connectivity index (χ1) is 7.29. The molecule has 0 saturated heterocycles. The number of halogens is 3. The van der Waals surface area contributed by atoms with Gasteiger partial charge in [0.15, 0.2) is 0 Å². The summed E-state index contributed by atoms with van der Waals surface area (Å²) in [6, 6.07) is 0. The number of carbonyl (C=O) groups excluding carboxylic acids is 1. The van der Waals surface area contributed by atoms with Crippen molar-refractivity contribution >= 4 is 101 Å². The summed E-state index contributed by atoms with van der Waals surface area (Å²) in [6.07, 6.45) is 0. The summed E-state index contributed by atoms with van der Waals surface area (Å²) in [7, 11) is 0. The van der Waals surface area contributed by atoms with E-state index in [4.69, 9.17) is 10.8 Å². The van der Waals surface area contributed by atoms with Gasteiger partial charge in [0.2, 0.25) is 0 Å². The Labute approximate surface area is 141 Å². The zero-order valence-electron chi connectivity index (χ0n) is 7.55. The Morgan fingerprint density at radius 1 is 1.06 bits per heavy atom. The monoisotopic (exact) mass is 619 g/mol. The number of rotatable bonds is 2. The van der Waals surface area contributed by atoms with Gasteiger partial charge >= 0.3 is 143 Å². The van der Waals surface area contributed by atoms with E-state index >= 15 is 0 Å². The zero-order chi connectivity index (χ0) is 12.6. The van der Waals surface area contributed by atoms with E-state index in [0.29, 0.717) is 22.0 Å². The maximum atomic E-state index is 11.5. The number of carbonyl (C=O) groups is 2. The van der Waals surface area contributed by atoms with E-state index < -0.39 is 5.97 Å². The standard InChI is InChI=1S/C8H5AsI3NO3/c9-7(14)1-3(10)2(8(15)16)5(12)6(13)4(1)11/h9,13H2,(H,15,16). The van der Waals surface area contributed by atoms with Crippen molar-refractivity contribution in [1.82, 2.24) is 0 Å². The van der Waals surface area contributed by atoms with E-state index in [-0.39, 0.29) is 10.1 Å². The van der Waals surface area contributed by atoms with E-state index in [9.17, 15) is 9.59 Å². The van der Waals surface area contributed by atoms with Crippen molar-refractivity contribution in [2.75, 3.05) is 5.73 Å². The van der Waals surface area contributed by atoms with Gasteiger partial charge in [0.05, 0.1) is 0 Å². The van der Waals surface area contributed by atoms with Crippen LogP contribution in [-0.4, -0.2) is 32.5 Å². The zero-order valence-corrected chi connectivity index (χ0v) is 16.4. The van der Waals surface area contributed by atoms with E-state index in [1.54, 1.807) is 0 Å². The second-order valence-corrected chi connectivity index (χ2v) is 7.11. The summed E-state index contributed by atoms with van der Waals surface area (Å²) >= 11 is 6.67. The predicted molar refractivity (Wildman–Crippen MR) is 88.8 cm³/mol. The molecule has 0 amide bonds. The van der Waals surface area contributed by atoms with Crippen molar-refractivity contribution in [2.24, 2.45) is 0 Å². The quantitative estimate of drug-likeness (QED) is 0.300. The van der Waals surface area contributed by atoms with Gasteiger partial charge in [-0.25, -0.2) is 0 Å². The molecule has 1 rings (SSSR count). The second-order valence-electron chi connectivity index (χ2n) is 2.78. The van der Waals surface area contributed by atoms with Crippen LogP contribution in [0.1, 0.15) is 20.7 Å². The molecule has 0 aliphatic carbocycles. The van der Waals surface area contributed by atoms with E-state index in [1.807, 2.05) is 67.8 Å². The van der Waals surface area contributed by atoms with Gasteiger partial charge in [0, 0.05) is 0 Å². The average molecular weight is 619 g/mol. The summed E-state index contributed by atoms with van der Waals surface area (Å²) in [6.45, 7) is 0. The Morgan fingerprint density at radius 3 is 1.88 bits per heavy atom. The fourth-order valence-electron chi connectivity index (χ4n) is 1.09. The molecule has 16 heavy (non-hydrogen) atoms. The Bertz CT molecular complexity index is 463. The summed E-state index contributed by atoms with van der Waals surface area (Å²) in [5.74, 6) is -1.06. The average Bonchev–Trinajstić information content (AvgIpc) is 2.13. The van der Waals surface area contributed by atoms with E-state index in [1.165, 1.54) is 0 Å². The van der Waals surface area contributed by atoms with Gasteiger partial charge in [-0.15, -0.1) is 0 Å². The summed E-state index contributed by atoms with van der Waals surface area (Å²) in [5, 5.41) is 9.09. The normalized spacial score (nSPS) is 10.2. The van der Waals surface area contributed by atoms with Crippen molar-refractivity contribution in [3.05, 3.63) is 21.8 Å². The van der Waals surface area contributed by atoms with E-state index in [2.05, 4.69) is 0 Å². The van der Waals surface area contributed by atoms with Crippen LogP contribution in [0.15, 0.2) is 0 Å². The first-order valence-electron chi connectivity index (χ1n) is 3.78. The first-order valence-corrected chi connectivity index (χ1v) is 8.22. The van der Waals surface area contributed by atoms with Crippen LogP contribution in [-0.2, 0) is 0 Å². The molecular weight excluding hydrogens is 614 g/mol. The van der Waals surface area contributed by atoms with Crippen LogP contribution in [0.5, 0.6) is 0 Å². The number of nitrogens with two attached hydrogens (primary N) is 1. The van der Waals surface area contributed by atoms with Crippen molar-refractivity contribution in [2.45, 2.75) is 0 Å². The molecule has 86 valence electrons. The van der Waals surface area contributed by atoms with Crippen LogP contribution in [0.25, 0.3) is 0 Å². The fraction of sp³-hybridized carbons (Fsp3) is 0. The van der Waals surface area contributed by atoms with Crippen molar-refractivity contribution in [3.8, 4) is 0 Å². The fourth-order valence-corrected chi connectivity index (χ4v) is 7.09. The molecule has 0 spiro atoms. The Morgan fingerprint density at radius 2 is 1.50 bits per heavy atom. The number of carboxylic acid groups (broad SMARTS) is 1. The third-order valence-electron chi connectivity index (χ3n) is 1.81. The predicted octanol–water partition coefficient (Wildman–Crippen LogP) is 1.55. The van der Waals surface area contributed by atoms with Crippen molar-refractivity contribution < 1.29 is 14.7 Å². The molecule has 1 aromatic rings. The van der Waals surface area contributed by atoms with Crippen LogP contribution in [0.4, 0.5) is 5.69 Å². The number of anilines is 1. The maximum absolute atomic E-state index is 11.5. The summed E-state index contributed by atoms with van der Waals surface area (Å²) in [4.78, 5) is 22.6. The van der Waals surface area contributed by atoms with Crippen LogP contribution in [0.3, 0.4) is 0 Å². The molecule has 0 radical (unpaired) electrons. The number of carboxylic acids is 1. The van der Waals surface area contributed by atoms with Crippen LogP contribution >= 0.6 is 67.8 Å². The molecule has 1 atom stereocenters. The topological polar surface area (TPSA) is 80.4 Å². The third-order valence-corrected chi connectivity index (χ3v) is 5.74. The number of benzene rings is 1.